The van der Waals surface area contributed by atoms with E-state index in [2.05, 4.69) is 5.32 Å². The van der Waals surface area contributed by atoms with E-state index in [1.807, 2.05) is 6.07 Å². The first-order valence-corrected chi connectivity index (χ1v) is 9.36. The highest BCUT2D eigenvalue weighted by molar-refractivity contribution is 8.00. The molecule has 0 spiro atoms. The number of amides is 1. The molecule has 1 amide bonds. The number of nitrogens with zero attached hydrogens (tertiary/aromatic N) is 1. The fourth-order valence-electron chi connectivity index (χ4n) is 2.54. The maximum absolute atomic E-state index is 12.7. The van der Waals surface area contributed by atoms with Gasteiger partial charge in [-0.2, -0.15) is 13.2 Å². The lowest BCUT2D eigenvalue weighted by Crippen LogP contribution is -2.41. The summed E-state index contributed by atoms with van der Waals surface area (Å²) in [5, 5.41) is 13.7. The van der Waals surface area contributed by atoms with Gasteiger partial charge in [-0.05, 0) is 24.3 Å². The third-order valence-corrected chi connectivity index (χ3v) is 5.00. The zero-order chi connectivity index (χ0) is 21.0. The minimum atomic E-state index is -4.69. The van der Waals surface area contributed by atoms with Crippen molar-refractivity contribution in [2.24, 2.45) is 0 Å². The summed E-state index contributed by atoms with van der Waals surface area (Å²) in [7, 11) is 0. The summed E-state index contributed by atoms with van der Waals surface area (Å²) in [5.74, 6) is 0.538. The van der Waals surface area contributed by atoms with E-state index < -0.39 is 34.4 Å². The molecule has 2 aromatic carbocycles. The fraction of sp³-hybridized carbons (Fsp3) is 0.278. The highest BCUT2D eigenvalue weighted by Gasteiger charge is 2.33. The number of ether oxygens (including phenoxy) is 2. The quantitative estimate of drug-likeness (QED) is 0.429. The molecule has 1 aliphatic rings. The number of alkyl halides is 3. The number of para-hydroxylation sites is 2. The van der Waals surface area contributed by atoms with Gasteiger partial charge >= 0.3 is 6.18 Å². The summed E-state index contributed by atoms with van der Waals surface area (Å²) >= 11 is 0.785. The molecule has 29 heavy (non-hydrogen) atoms. The zero-order valence-corrected chi connectivity index (χ0v) is 15.6. The molecular formula is C18H15F3N2O5S. The van der Waals surface area contributed by atoms with E-state index in [9.17, 15) is 28.1 Å². The Bertz CT molecular complexity index is 923. The number of nitrogens with one attached hydrogen (secondary N) is 1. The number of rotatable bonds is 6. The summed E-state index contributed by atoms with van der Waals surface area (Å²) in [6.07, 6.45) is -5.09. The van der Waals surface area contributed by atoms with Crippen molar-refractivity contribution in [3.63, 3.8) is 0 Å². The van der Waals surface area contributed by atoms with Crippen molar-refractivity contribution in [3.05, 3.63) is 58.1 Å². The highest BCUT2D eigenvalue weighted by Crippen LogP contribution is 2.36. The Balaban J connectivity index is 1.54. The van der Waals surface area contributed by atoms with Crippen LogP contribution in [0.1, 0.15) is 5.56 Å². The molecule has 1 unspecified atom stereocenters. The average Bonchev–Trinajstić information content (AvgIpc) is 2.69. The Morgan fingerprint density at radius 1 is 1.24 bits per heavy atom. The van der Waals surface area contributed by atoms with Crippen LogP contribution in [-0.4, -0.2) is 35.8 Å². The van der Waals surface area contributed by atoms with E-state index in [1.165, 1.54) is 0 Å². The van der Waals surface area contributed by atoms with Gasteiger partial charge in [0.15, 0.2) is 11.5 Å². The number of nitro groups is 1. The van der Waals surface area contributed by atoms with Crippen molar-refractivity contribution in [1.29, 1.82) is 0 Å². The van der Waals surface area contributed by atoms with Crippen LogP contribution in [0.25, 0.3) is 0 Å². The number of thioether (sulfide) groups is 1. The molecule has 0 bridgehead atoms. The second-order valence-electron chi connectivity index (χ2n) is 6.03. The van der Waals surface area contributed by atoms with Gasteiger partial charge in [0.05, 0.1) is 27.7 Å². The van der Waals surface area contributed by atoms with Gasteiger partial charge in [0, 0.05) is 6.07 Å². The molecule has 1 heterocycles. The van der Waals surface area contributed by atoms with Gasteiger partial charge in [-0.1, -0.05) is 12.1 Å². The van der Waals surface area contributed by atoms with Crippen LogP contribution in [0, 0.1) is 10.1 Å². The number of hydrogen-bond donors (Lipinski definition) is 1. The molecule has 1 N–H and O–H groups in total. The number of benzene rings is 2. The second kappa shape index (κ2) is 8.60. The van der Waals surface area contributed by atoms with Crippen molar-refractivity contribution < 1.29 is 32.4 Å². The van der Waals surface area contributed by atoms with E-state index in [-0.39, 0.29) is 23.8 Å². The van der Waals surface area contributed by atoms with Gasteiger partial charge in [-0.25, -0.2) is 0 Å². The minimum Gasteiger partial charge on any atom is -0.486 e. The largest absolute Gasteiger partial charge is 0.486 e. The lowest BCUT2D eigenvalue weighted by atomic mass is 10.2. The second-order valence-corrected chi connectivity index (χ2v) is 7.04. The molecule has 0 radical (unpaired) electrons. The first-order chi connectivity index (χ1) is 13.7. The van der Waals surface area contributed by atoms with Crippen molar-refractivity contribution >= 4 is 23.4 Å². The number of halogens is 3. The number of fused-ring (bicyclic) bond motifs is 1. The molecule has 3 rings (SSSR count). The monoisotopic (exact) mass is 428 g/mol. The highest BCUT2D eigenvalue weighted by atomic mass is 32.2. The van der Waals surface area contributed by atoms with Crippen molar-refractivity contribution in [3.8, 4) is 11.5 Å². The summed E-state index contributed by atoms with van der Waals surface area (Å²) < 4.78 is 49.4. The van der Waals surface area contributed by atoms with E-state index in [1.54, 1.807) is 18.2 Å². The lowest BCUT2D eigenvalue weighted by molar-refractivity contribution is -0.388. The van der Waals surface area contributed by atoms with Crippen LogP contribution in [0.15, 0.2) is 47.4 Å². The zero-order valence-electron chi connectivity index (χ0n) is 14.8. The number of nitro benzene ring substituents is 1. The number of hydrogen-bond acceptors (Lipinski definition) is 6. The molecule has 1 atom stereocenters. The van der Waals surface area contributed by atoms with Gasteiger partial charge in [-0.15, -0.1) is 11.8 Å². The molecule has 0 saturated carbocycles. The van der Waals surface area contributed by atoms with E-state index in [4.69, 9.17) is 9.47 Å². The Morgan fingerprint density at radius 2 is 1.97 bits per heavy atom. The summed E-state index contributed by atoms with van der Waals surface area (Å²) in [5.41, 5.74) is -1.81. The van der Waals surface area contributed by atoms with Crippen LogP contribution < -0.4 is 14.8 Å². The predicted molar refractivity (Wildman–Crippen MR) is 98.2 cm³/mol. The van der Waals surface area contributed by atoms with Crippen LogP contribution in [0.3, 0.4) is 0 Å². The van der Waals surface area contributed by atoms with Crippen LogP contribution in [0.5, 0.6) is 11.5 Å². The van der Waals surface area contributed by atoms with E-state index in [0.717, 1.165) is 23.9 Å². The molecule has 0 saturated heterocycles. The van der Waals surface area contributed by atoms with Gasteiger partial charge < -0.3 is 14.8 Å². The van der Waals surface area contributed by atoms with Crippen molar-refractivity contribution in [2.45, 2.75) is 17.2 Å². The summed E-state index contributed by atoms with van der Waals surface area (Å²) in [6, 6.07) is 9.30. The summed E-state index contributed by atoms with van der Waals surface area (Å²) in [6.45, 7) is 0.400. The Kier molecular flexibility index (Phi) is 6.16. The molecule has 7 nitrogen and oxygen atoms in total. The maximum atomic E-state index is 12.7. The standard InChI is InChI=1S/C18H15F3N2O5S/c19-18(20,21)11-5-6-16(13(7-11)23(25)26)29-10-17(24)22-8-12-9-27-14-3-1-2-4-15(14)28-12/h1-7,12H,8-10H2,(H,22,24). The van der Waals surface area contributed by atoms with Gasteiger partial charge in [0.1, 0.15) is 12.7 Å². The Morgan fingerprint density at radius 3 is 2.66 bits per heavy atom. The Hall–Kier alpha value is -2.95. The van der Waals surface area contributed by atoms with Crippen LogP contribution in [-0.2, 0) is 11.0 Å². The van der Waals surface area contributed by atoms with Gasteiger partial charge in [0.25, 0.3) is 5.69 Å². The van der Waals surface area contributed by atoms with Crippen LogP contribution in [0.2, 0.25) is 0 Å². The predicted octanol–water partition coefficient (Wildman–Crippen LogP) is 3.66. The first kappa shape index (κ1) is 20.8. The molecular weight excluding hydrogens is 413 g/mol. The first-order valence-electron chi connectivity index (χ1n) is 8.37. The normalized spacial score (nSPS) is 15.6. The fourth-order valence-corrected chi connectivity index (χ4v) is 3.38. The van der Waals surface area contributed by atoms with E-state index >= 15 is 0 Å². The summed E-state index contributed by atoms with van der Waals surface area (Å²) in [4.78, 5) is 22.2. The van der Waals surface area contributed by atoms with Crippen LogP contribution in [0.4, 0.5) is 18.9 Å². The molecule has 0 aliphatic carbocycles. The molecule has 1 aliphatic heterocycles. The molecule has 0 aromatic heterocycles. The number of carbonyl (C=O) groups excluding carboxylic acids is 1. The topological polar surface area (TPSA) is 90.7 Å². The smallest absolute Gasteiger partial charge is 0.416 e. The minimum absolute atomic E-state index is 0.0238. The average molecular weight is 428 g/mol. The van der Waals surface area contributed by atoms with Gasteiger partial charge in [-0.3, -0.25) is 14.9 Å². The lowest BCUT2D eigenvalue weighted by Gasteiger charge is -2.26. The molecule has 11 heteroatoms. The molecule has 154 valence electrons. The third-order valence-electron chi connectivity index (χ3n) is 3.94. The number of carbonyl (C=O) groups is 1. The van der Waals surface area contributed by atoms with Gasteiger partial charge in [0.2, 0.25) is 5.91 Å². The Labute approximate surface area is 167 Å². The SMILES string of the molecule is O=C(CSc1ccc(C(F)(F)F)cc1[N+](=O)[O-])NCC1COc2ccccc2O1. The van der Waals surface area contributed by atoms with E-state index in [0.29, 0.717) is 17.6 Å². The molecule has 2 aromatic rings. The van der Waals surface area contributed by atoms with Crippen molar-refractivity contribution in [1.82, 2.24) is 5.32 Å². The third kappa shape index (κ3) is 5.31. The van der Waals surface area contributed by atoms with Crippen LogP contribution >= 0.6 is 11.8 Å². The molecule has 0 fully saturated rings. The maximum Gasteiger partial charge on any atom is 0.416 e. The van der Waals surface area contributed by atoms with Crippen molar-refractivity contribution in [2.75, 3.05) is 18.9 Å².